The Hall–Kier alpha value is -3.14. The summed E-state index contributed by atoms with van der Waals surface area (Å²) >= 11 is 0. The summed E-state index contributed by atoms with van der Waals surface area (Å²) in [7, 11) is 0. The van der Waals surface area contributed by atoms with E-state index in [1.807, 2.05) is 36.9 Å². The molecule has 0 bridgehead atoms. The van der Waals surface area contributed by atoms with Gasteiger partial charge in [0.05, 0.1) is 19.6 Å². The first kappa shape index (κ1) is 24.5. The van der Waals surface area contributed by atoms with Gasteiger partial charge in [-0.05, 0) is 44.0 Å². The second-order valence-corrected chi connectivity index (χ2v) is 8.41. The highest BCUT2D eigenvalue weighted by molar-refractivity contribution is 5.97. The maximum absolute atomic E-state index is 13.0. The van der Waals surface area contributed by atoms with Crippen LogP contribution in [-0.4, -0.2) is 97.0 Å². The average molecular weight is 460 g/mol. The predicted molar refractivity (Wildman–Crippen MR) is 123 cm³/mol. The van der Waals surface area contributed by atoms with Gasteiger partial charge in [-0.1, -0.05) is 6.07 Å². The topological polar surface area (TPSA) is 111 Å². The smallest absolute Gasteiger partial charge is 0.409 e. The third-order valence-corrected chi connectivity index (χ3v) is 6.08. The van der Waals surface area contributed by atoms with E-state index in [1.165, 1.54) is 4.90 Å². The Bertz CT molecular complexity index is 897. The lowest BCUT2D eigenvalue weighted by atomic mass is 10.1. The fourth-order valence-corrected chi connectivity index (χ4v) is 4.01. The van der Waals surface area contributed by atoms with E-state index < -0.39 is 6.04 Å². The van der Waals surface area contributed by atoms with Crippen molar-refractivity contribution in [2.45, 2.75) is 33.2 Å². The molecule has 2 aliphatic rings. The third-order valence-electron chi connectivity index (χ3n) is 6.08. The number of rotatable bonds is 6. The zero-order valence-electron chi connectivity index (χ0n) is 19.6. The molecule has 3 rings (SSSR count). The quantitative estimate of drug-likeness (QED) is 0.649. The number of piperazine rings is 2. The molecule has 2 N–H and O–H groups in total. The van der Waals surface area contributed by atoms with E-state index in [2.05, 4.69) is 10.6 Å². The van der Waals surface area contributed by atoms with Gasteiger partial charge in [0.1, 0.15) is 6.04 Å². The van der Waals surface area contributed by atoms with Crippen molar-refractivity contribution in [3.63, 3.8) is 0 Å². The molecule has 2 aliphatic heterocycles. The summed E-state index contributed by atoms with van der Waals surface area (Å²) in [4.78, 5) is 55.1. The second kappa shape index (κ2) is 11.1. The van der Waals surface area contributed by atoms with Crippen LogP contribution < -0.4 is 10.6 Å². The van der Waals surface area contributed by atoms with Gasteiger partial charge in [-0.15, -0.1) is 0 Å². The zero-order valence-corrected chi connectivity index (χ0v) is 19.6. The lowest BCUT2D eigenvalue weighted by Gasteiger charge is -2.38. The Labute approximate surface area is 194 Å². The van der Waals surface area contributed by atoms with Crippen LogP contribution in [0, 0.1) is 13.8 Å². The number of amides is 4. The molecule has 0 aromatic heterocycles. The molecular formula is C23H33N5O5. The lowest BCUT2D eigenvalue weighted by molar-refractivity contribution is -0.145. The Kier molecular flexibility index (Phi) is 8.26. The van der Waals surface area contributed by atoms with E-state index >= 15 is 0 Å². The number of carbonyl (C=O) groups is 4. The Balaban J connectivity index is 1.56. The summed E-state index contributed by atoms with van der Waals surface area (Å²) in [5.41, 5.74) is 2.85. The van der Waals surface area contributed by atoms with E-state index in [-0.39, 0.29) is 36.8 Å². The summed E-state index contributed by atoms with van der Waals surface area (Å²) in [6.45, 7) is 8.95. The van der Waals surface area contributed by atoms with Gasteiger partial charge in [0.25, 0.3) is 0 Å². The van der Waals surface area contributed by atoms with Crippen LogP contribution in [0.4, 0.5) is 10.5 Å². The highest BCUT2D eigenvalue weighted by Gasteiger charge is 2.35. The van der Waals surface area contributed by atoms with E-state index in [0.717, 1.165) is 11.1 Å². The van der Waals surface area contributed by atoms with Crippen molar-refractivity contribution in [3.8, 4) is 0 Å². The molecule has 0 radical (unpaired) electrons. The molecule has 2 heterocycles. The van der Waals surface area contributed by atoms with Crippen molar-refractivity contribution in [1.82, 2.24) is 20.0 Å². The monoisotopic (exact) mass is 459 g/mol. The fourth-order valence-electron chi connectivity index (χ4n) is 4.01. The first-order chi connectivity index (χ1) is 15.8. The second-order valence-electron chi connectivity index (χ2n) is 8.41. The van der Waals surface area contributed by atoms with Crippen molar-refractivity contribution in [2.24, 2.45) is 0 Å². The Morgan fingerprint density at radius 2 is 1.82 bits per heavy atom. The molecule has 1 aromatic carbocycles. The molecule has 1 atom stereocenters. The van der Waals surface area contributed by atoms with Crippen LogP contribution in [0.25, 0.3) is 0 Å². The van der Waals surface area contributed by atoms with E-state index in [0.29, 0.717) is 51.6 Å². The number of hydrogen-bond donors (Lipinski definition) is 2. The molecule has 180 valence electrons. The molecule has 4 amide bonds. The van der Waals surface area contributed by atoms with Crippen molar-refractivity contribution in [2.75, 3.05) is 57.7 Å². The number of aryl methyl sites for hydroxylation is 2. The van der Waals surface area contributed by atoms with Crippen LogP contribution >= 0.6 is 0 Å². The summed E-state index contributed by atoms with van der Waals surface area (Å²) in [5.74, 6) is -0.837. The van der Waals surface area contributed by atoms with Crippen molar-refractivity contribution < 1.29 is 23.9 Å². The van der Waals surface area contributed by atoms with Gasteiger partial charge in [0, 0.05) is 45.0 Å². The number of ether oxygens (including phenoxy) is 1. The van der Waals surface area contributed by atoms with Gasteiger partial charge in [-0.25, -0.2) is 4.79 Å². The van der Waals surface area contributed by atoms with Gasteiger partial charge < -0.3 is 25.2 Å². The molecule has 0 spiro atoms. The molecule has 0 saturated carbocycles. The van der Waals surface area contributed by atoms with Crippen LogP contribution in [0.1, 0.15) is 24.5 Å². The summed E-state index contributed by atoms with van der Waals surface area (Å²) in [6.07, 6.45) is -0.452. The van der Waals surface area contributed by atoms with Gasteiger partial charge in [0.15, 0.2) is 0 Å². The molecule has 1 aromatic rings. The highest BCUT2D eigenvalue weighted by Crippen LogP contribution is 2.16. The van der Waals surface area contributed by atoms with Crippen LogP contribution in [0.3, 0.4) is 0 Å². The van der Waals surface area contributed by atoms with Crippen molar-refractivity contribution >= 4 is 29.5 Å². The van der Waals surface area contributed by atoms with E-state index in [9.17, 15) is 19.2 Å². The first-order valence-electron chi connectivity index (χ1n) is 11.4. The molecule has 1 unspecified atom stereocenters. The molecule has 10 heteroatoms. The standard InChI is InChI=1S/C23H33N5O5/c1-4-33-23(32)27-11-9-26(10-12-27)15-21(30)28-8-7-24-22(31)19(28)14-20(29)25-18-6-5-16(2)17(3)13-18/h5-6,13,19H,4,7-12,14-15H2,1-3H3,(H,24,31)(H,25,29). The largest absolute Gasteiger partial charge is 0.450 e. The molecular weight excluding hydrogens is 426 g/mol. The van der Waals surface area contributed by atoms with E-state index in [4.69, 9.17) is 4.74 Å². The summed E-state index contributed by atoms with van der Waals surface area (Å²) in [5, 5.41) is 5.58. The number of hydrogen-bond acceptors (Lipinski definition) is 6. The van der Waals surface area contributed by atoms with Crippen molar-refractivity contribution in [3.05, 3.63) is 29.3 Å². The number of anilines is 1. The number of carbonyl (C=O) groups excluding carboxylic acids is 4. The van der Waals surface area contributed by atoms with E-state index in [1.54, 1.807) is 11.8 Å². The predicted octanol–water partition coefficient (Wildman–Crippen LogP) is 0.733. The van der Waals surface area contributed by atoms with Crippen LogP contribution in [0.5, 0.6) is 0 Å². The van der Waals surface area contributed by atoms with Gasteiger partial charge in [-0.2, -0.15) is 0 Å². The van der Waals surface area contributed by atoms with Gasteiger partial charge in [-0.3, -0.25) is 19.3 Å². The molecule has 2 fully saturated rings. The van der Waals surface area contributed by atoms with Gasteiger partial charge in [0.2, 0.25) is 17.7 Å². The SMILES string of the molecule is CCOC(=O)N1CCN(CC(=O)N2CCNC(=O)C2CC(=O)Nc2ccc(C)c(C)c2)CC1. The maximum Gasteiger partial charge on any atom is 0.409 e. The molecule has 10 nitrogen and oxygen atoms in total. The minimum atomic E-state index is -0.849. The first-order valence-corrected chi connectivity index (χ1v) is 11.4. The third kappa shape index (κ3) is 6.44. The lowest BCUT2D eigenvalue weighted by Crippen LogP contribution is -2.60. The summed E-state index contributed by atoms with van der Waals surface area (Å²) < 4.78 is 5.02. The van der Waals surface area contributed by atoms with Gasteiger partial charge >= 0.3 is 6.09 Å². The normalized spacial score (nSPS) is 19.1. The van der Waals surface area contributed by atoms with Crippen LogP contribution in [0.15, 0.2) is 18.2 Å². The summed E-state index contributed by atoms with van der Waals surface area (Å²) in [6, 6.07) is 4.78. The molecule has 0 aliphatic carbocycles. The number of nitrogens with one attached hydrogen (secondary N) is 2. The zero-order chi connectivity index (χ0) is 24.0. The molecule has 2 saturated heterocycles. The van der Waals surface area contributed by atoms with Crippen LogP contribution in [-0.2, 0) is 19.1 Å². The van der Waals surface area contributed by atoms with Crippen LogP contribution in [0.2, 0.25) is 0 Å². The fraction of sp³-hybridized carbons (Fsp3) is 0.565. The number of benzene rings is 1. The number of nitrogens with zero attached hydrogens (tertiary/aromatic N) is 3. The van der Waals surface area contributed by atoms with Crippen molar-refractivity contribution in [1.29, 1.82) is 0 Å². The highest BCUT2D eigenvalue weighted by atomic mass is 16.6. The minimum absolute atomic E-state index is 0.110. The minimum Gasteiger partial charge on any atom is -0.450 e. The Morgan fingerprint density at radius 3 is 2.48 bits per heavy atom. The maximum atomic E-state index is 13.0. The Morgan fingerprint density at radius 1 is 1.09 bits per heavy atom. The molecule has 33 heavy (non-hydrogen) atoms. The average Bonchev–Trinajstić information content (AvgIpc) is 2.78.